The van der Waals surface area contributed by atoms with E-state index in [2.05, 4.69) is 21.1 Å². The molecule has 0 bridgehead atoms. The highest BCUT2D eigenvalue weighted by molar-refractivity contribution is 7.99. The number of H-pyrrole nitrogens is 1. The van der Waals surface area contributed by atoms with Crippen LogP contribution in [0, 0.1) is 0 Å². The molecule has 0 fully saturated rings. The molecule has 1 N–H and O–H groups in total. The summed E-state index contributed by atoms with van der Waals surface area (Å²) in [5.74, 6) is 1.64. The van der Waals surface area contributed by atoms with Crippen LogP contribution in [0.4, 0.5) is 0 Å². The summed E-state index contributed by atoms with van der Waals surface area (Å²) in [4.78, 5) is 39.3. The number of nitrogens with one attached hydrogen (secondary N) is 1. The molecule has 8 nitrogen and oxygen atoms in total. The first-order valence-electron chi connectivity index (χ1n) is 11.1. The molecule has 1 aliphatic heterocycles. The summed E-state index contributed by atoms with van der Waals surface area (Å²) in [6, 6.07) is 25.6. The molecule has 0 unspecified atom stereocenters. The Morgan fingerprint density at radius 2 is 1.61 bits per heavy atom. The van der Waals surface area contributed by atoms with E-state index < -0.39 is 11.1 Å². The summed E-state index contributed by atoms with van der Waals surface area (Å²) in [6.07, 6.45) is 1.41. The number of hydrogen-bond acceptors (Lipinski definition) is 7. The van der Waals surface area contributed by atoms with Crippen molar-refractivity contribution >= 4 is 28.4 Å². The Morgan fingerprint density at radius 3 is 2.50 bits per heavy atom. The van der Waals surface area contributed by atoms with Gasteiger partial charge in [0.05, 0.1) is 20.9 Å². The molecule has 0 saturated carbocycles. The zero-order valence-electron chi connectivity index (χ0n) is 18.5. The summed E-state index contributed by atoms with van der Waals surface area (Å²) in [5, 5.41) is 3.07. The fraction of sp³-hybridized carbons (Fsp3) is 0. The van der Waals surface area contributed by atoms with Crippen molar-refractivity contribution < 1.29 is 4.74 Å². The van der Waals surface area contributed by atoms with Gasteiger partial charge in [0.25, 0.3) is 0 Å². The van der Waals surface area contributed by atoms with Crippen LogP contribution >= 0.6 is 11.8 Å². The minimum atomic E-state index is -0.863. The third-order valence-corrected chi connectivity index (χ3v) is 7.08. The Hall–Kier alpha value is -4.76. The van der Waals surface area contributed by atoms with Crippen LogP contribution in [0.5, 0.6) is 11.5 Å². The molecule has 0 saturated heterocycles. The van der Waals surface area contributed by atoms with Crippen molar-refractivity contribution in [1.29, 1.82) is 0 Å². The number of aromatic amines is 1. The Labute approximate surface area is 207 Å². The Bertz CT molecular complexity index is 1950. The van der Waals surface area contributed by atoms with Crippen LogP contribution in [0.15, 0.2) is 105 Å². The highest BCUT2D eigenvalue weighted by Gasteiger charge is 2.20. The van der Waals surface area contributed by atoms with E-state index in [4.69, 9.17) is 9.72 Å². The van der Waals surface area contributed by atoms with Crippen LogP contribution in [-0.4, -0.2) is 24.6 Å². The normalized spacial score (nSPS) is 12.2. The third-order valence-electron chi connectivity index (χ3n) is 5.98. The first-order chi connectivity index (χ1) is 17.6. The van der Waals surface area contributed by atoms with Gasteiger partial charge in [0.2, 0.25) is 0 Å². The van der Waals surface area contributed by atoms with Crippen molar-refractivity contribution in [2.75, 3.05) is 0 Å². The van der Waals surface area contributed by atoms with Crippen molar-refractivity contribution in [3.8, 4) is 33.9 Å². The molecule has 0 aliphatic carbocycles. The van der Waals surface area contributed by atoms with Crippen molar-refractivity contribution in [1.82, 2.24) is 24.6 Å². The second-order valence-corrected chi connectivity index (χ2v) is 9.31. The van der Waals surface area contributed by atoms with Crippen LogP contribution in [0.2, 0.25) is 0 Å². The standard InChI is InChI=1S/C27H15N5O3S/c33-26-27(34)31-32-14-28-24-23(25(32)30-26)17(15-6-2-1-3-7-15)13-18(29-24)16-10-11-20-22(12-16)36-21-9-5-4-8-19(21)35-20/h1-14H,(H,31,34). The van der Waals surface area contributed by atoms with Crippen molar-refractivity contribution in [3.63, 3.8) is 0 Å². The molecule has 4 heterocycles. The predicted octanol–water partition coefficient (Wildman–Crippen LogP) is 4.92. The second-order valence-electron chi connectivity index (χ2n) is 8.23. The lowest BCUT2D eigenvalue weighted by atomic mass is 10.00. The van der Waals surface area contributed by atoms with E-state index in [9.17, 15) is 9.59 Å². The zero-order valence-corrected chi connectivity index (χ0v) is 19.3. The number of ether oxygens (including phenoxy) is 1. The van der Waals surface area contributed by atoms with Gasteiger partial charge in [-0.1, -0.05) is 54.2 Å². The number of nitrogens with zero attached hydrogens (tertiary/aromatic N) is 4. The van der Waals surface area contributed by atoms with Crippen LogP contribution in [0.3, 0.4) is 0 Å². The van der Waals surface area contributed by atoms with E-state index in [1.54, 1.807) is 11.8 Å². The zero-order chi connectivity index (χ0) is 24.2. The van der Waals surface area contributed by atoms with E-state index in [0.29, 0.717) is 16.7 Å². The molecular weight excluding hydrogens is 474 g/mol. The number of para-hydroxylation sites is 1. The maximum absolute atomic E-state index is 12.1. The average molecular weight is 490 g/mol. The van der Waals surface area contributed by atoms with E-state index in [-0.39, 0.29) is 5.65 Å². The first-order valence-corrected chi connectivity index (χ1v) is 11.9. The van der Waals surface area contributed by atoms with E-state index in [1.807, 2.05) is 72.8 Å². The minimum absolute atomic E-state index is 0.286. The van der Waals surface area contributed by atoms with Gasteiger partial charge < -0.3 is 4.74 Å². The van der Waals surface area contributed by atoms with E-state index >= 15 is 0 Å². The van der Waals surface area contributed by atoms with Crippen LogP contribution in [0.25, 0.3) is 39.1 Å². The second kappa shape index (κ2) is 7.89. The number of aromatic nitrogens is 5. The Balaban J connectivity index is 1.46. The van der Waals surface area contributed by atoms with Gasteiger partial charge in [-0.15, -0.1) is 0 Å². The van der Waals surface area contributed by atoms with Gasteiger partial charge >= 0.3 is 11.1 Å². The smallest absolute Gasteiger partial charge is 0.338 e. The van der Waals surface area contributed by atoms with Crippen molar-refractivity contribution in [2.24, 2.45) is 0 Å². The van der Waals surface area contributed by atoms with E-state index in [0.717, 1.165) is 38.0 Å². The van der Waals surface area contributed by atoms with Crippen molar-refractivity contribution in [2.45, 2.75) is 9.79 Å². The molecule has 3 aromatic heterocycles. The molecule has 0 spiro atoms. The van der Waals surface area contributed by atoms with Gasteiger partial charge in [0.1, 0.15) is 17.8 Å². The fourth-order valence-corrected chi connectivity index (χ4v) is 5.30. The van der Waals surface area contributed by atoms with Gasteiger partial charge in [-0.25, -0.2) is 14.5 Å². The lowest BCUT2D eigenvalue weighted by Crippen LogP contribution is -2.32. The molecule has 0 atom stereocenters. The van der Waals surface area contributed by atoms with Crippen molar-refractivity contribution in [3.05, 3.63) is 106 Å². The van der Waals surface area contributed by atoms with Gasteiger partial charge in [-0.2, -0.15) is 4.98 Å². The maximum atomic E-state index is 12.1. The summed E-state index contributed by atoms with van der Waals surface area (Å²) in [6.45, 7) is 0. The third kappa shape index (κ3) is 3.29. The Morgan fingerprint density at radius 1 is 0.806 bits per heavy atom. The molecule has 3 aromatic carbocycles. The maximum Gasteiger partial charge on any atom is 0.338 e. The SMILES string of the molecule is O=c1nc2c3c(-c4ccccc4)cc(-c4ccc5c(c4)Sc4ccccc4O5)nc3ncn2[nH]c1=O. The molecular formula is C27H15N5O3S. The largest absolute Gasteiger partial charge is 0.455 e. The fourth-order valence-electron chi connectivity index (χ4n) is 4.31. The first kappa shape index (κ1) is 20.6. The summed E-state index contributed by atoms with van der Waals surface area (Å²) >= 11 is 1.65. The van der Waals surface area contributed by atoms with Crippen LogP contribution in [-0.2, 0) is 0 Å². The number of rotatable bonds is 2. The monoisotopic (exact) mass is 489 g/mol. The van der Waals surface area contributed by atoms with E-state index in [1.165, 1.54) is 10.8 Å². The van der Waals surface area contributed by atoms with Gasteiger partial charge in [-0.3, -0.25) is 14.7 Å². The topological polar surface area (TPSA) is 102 Å². The minimum Gasteiger partial charge on any atom is -0.455 e. The van der Waals surface area contributed by atoms with Gasteiger partial charge in [0.15, 0.2) is 11.3 Å². The molecule has 6 aromatic rings. The lowest BCUT2D eigenvalue weighted by Gasteiger charge is -2.20. The van der Waals surface area contributed by atoms with Gasteiger partial charge in [-0.05, 0) is 47.5 Å². The molecule has 7 rings (SSSR count). The molecule has 1 aliphatic rings. The summed E-state index contributed by atoms with van der Waals surface area (Å²) in [5.41, 5.74) is 2.35. The molecule has 9 heteroatoms. The number of fused-ring (bicyclic) bond motifs is 5. The molecule has 0 radical (unpaired) electrons. The highest BCUT2D eigenvalue weighted by atomic mass is 32.2. The number of pyridine rings is 1. The Kier molecular flexibility index (Phi) is 4.52. The predicted molar refractivity (Wildman–Crippen MR) is 137 cm³/mol. The molecule has 36 heavy (non-hydrogen) atoms. The lowest BCUT2D eigenvalue weighted by molar-refractivity contribution is 0.454. The quantitative estimate of drug-likeness (QED) is 0.272. The number of hydrogen-bond donors (Lipinski definition) is 1. The number of benzene rings is 3. The van der Waals surface area contributed by atoms with Crippen LogP contribution in [0.1, 0.15) is 0 Å². The van der Waals surface area contributed by atoms with Gasteiger partial charge in [0, 0.05) is 5.56 Å². The molecule has 0 amide bonds. The highest BCUT2D eigenvalue weighted by Crippen LogP contribution is 2.48. The summed E-state index contributed by atoms with van der Waals surface area (Å²) in [7, 11) is 0. The summed E-state index contributed by atoms with van der Waals surface area (Å²) < 4.78 is 7.43. The molecule has 172 valence electrons. The average Bonchev–Trinajstić information content (AvgIpc) is 2.92. The van der Waals surface area contributed by atoms with Crippen LogP contribution < -0.4 is 15.9 Å².